The third-order valence-electron chi connectivity index (χ3n) is 4.88. The van der Waals surface area contributed by atoms with E-state index >= 15 is 0 Å². The van der Waals surface area contributed by atoms with E-state index in [1.807, 2.05) is 11.0 Å². The van der Waals surface area contributed by atoms with Gasteiger partial charge in [-0.2, -0.15) is 0 Å². The predicted molar refractivity (Wildman–Crippen MR) is 96.7 cm³/mol. The van der Waals surface area contributed by atoms with Gasteiger partial charge in [-0.1, -0.05) is 36.8 Å². The van der Waals surface area contributed by atoms with E-state index in [0.29, 0.717) is 18.0 Å². The lowest BCUT2D eigenvalue weighted by Gasteiger charge is -2.38. The van der Waals surface area contributed by atoms with Gasteiger partial charge in [0.25, 0.3) is 5.91 Å². The van der Waals surface area contributed by atoms with Gasteiger partial charge in [0.1, 0.15) is 0 Å². The molecule has 4 nitrogen and oxygen atoms in total. The molecule has 0 spiro atoms. The summed E-state index contributed by atoms with van der Waals surface area (Å²) in [5, 5.41) is 0. The zero-order valence-corrected chi connectivity index (χ0v) is 14.4. The van der Waals surface area contributed by atoms with E-state index in [1.54, 1.807) is 12.4 Å². The fraction of sp³-hybridized carbons (Fsp3) is 0.400. The molecule has 2 N–H and O–H groups in total. The van der Waals surface area contributed by atoms with E-state index in [4.69, 9.17) is 5.73 Å². The number of hydrogen-bond donors (Lipinski definition) is 1. The van der Waals surface area contributed by atoms with Gasteiger partial charge in [-0.3, -0.25) is 9.78 Å². The van der Waals surface area contributed by atoms with Crippen LogP contribution in [0.4, 0.5) is 0 Å². The van der Waals surface area contributed by atoms with Crippen LogP contribution < -0.4 is 5.73 Å². The summed E-state index contributed by atoms with van der Waals surface area (Å²) in [6, 6.07) is 10.3. The summed E-state index contributed by atoms with van der Waals surface area (Å²) >= 11 is 0. The Kier molecular flexibility index (Phi) is 4.95. The fourth-order valence-corrected chi connectivity index (χ4v) is 3.37. The fourth-order valence-electron chi connectivity index (χ4n) is 3.37. The maximum atomic E-state index is 12.9. The van der Waals surface area contributed by atoms with Crippen LogP contribution in [0.5, 0.6) is 0 Å². The second kappa shape index (κ2) is 7.14. The largest absolute Gasteiger partial charge is 0.334 e. The van der Waals surface area contributed by atoms with Crippen LogP contribution in [0.3, 0.4) is 0 Å². The molecule has 2 atom stereocenters. The van der Waals surface area contributed by atoms with Crippen LogP contribution in [-0.2, 0) is 0 Å². The standard InChI is InChI=1S/C20H25N3O/c1-14-3-5-16(6-4-14)17-10-18(13-22-12-17)20(24)23-8-7-15(2)9-19(23)11-21/h3-6,10,12-13,15,19H,7-9,11,21H2,1-2H3. The monoisotopic (exact) mass is 323 g/mol. The first-order valence-corrected chi connectivity index (χ1v) is 8.61. The summed E-state index contributed by atoms with van der Waals surface area (Å²) in [6.07, 6.45) is 5.48. The number of carbonyl (C=O) groups excluding carboxylic acids is 1. The first-order valence-electron chi connectivity index (χ1n) is 8.61. The zero-order chi connectivity index (χ0) is 17.1. The highest BCUT2D eigenvalue weighted by Gasteiger charge is 2.29. The van der Waals surface area contributed by atoms with E-state index in [0.717, 1.165) is 30.5 Å². The molecule has 2 unspecified atom stereocenters. The number of aryl methyl sites for hydroxylation is 1. The number of pyridine rings is 1. The van der Waals surface area contributed by atoms with Crippen LogP contribution in [0.2, 0.25) is 0 Å². The summed E-state index contributed by atoms with van der Waals surface area (Å²) in [4.78, 5) is 19.2. The number of carbonyl (C=O) groups is 1. The summed E-state index contributed by atoms with van der Waals surface area (Å²) in [5.74, 6) is 0.665. The number of rotatable bonds is 3. The molecule has 0 aliphatic carbocycles. The number of hydrogen-bond acceptors (Lipinski definition) is 3. The molecule has 3 rings (SSSR count). The molecule has 1 amide bonds. The molecule has 0 radical (unpaired) electrons. The zero-order valence-electron chi connectivity index (χ0n) is 14.4. The molecule has 0 saturated carbocycles. The Labute approximate surface area is 143 Å². The number of nitrogens with two attached hydrogens (primary N) is 1. The number of piperidine rings is 1. The average molecular weight is 323 g/mol. The van der Waals surface area contributed by atoms with Crippen molar-refractivity contribution >= 4 is 5.91 Å². The molecule has 2 aromatic rings. The second-order valence-corrected chi connectivity index (χ2v) is 6.85. The lowest BCUT2D eigenvalue weighted by molar-refractivity contribution is 0.0573. The smallest absolute Gasteiger partial charge is 0.255 e. The van der Waals surface area contributed by atoms with Crippen LogP contribution >= 0.6 is 0 Å². The molecule has 1 aliphatic rings. The number of aromatic nitrogens is 1. The van der Waals surface area contributed by atoms with Gasteiger partial charge >= 0.3 is 0 Å². The molecule has 4 heteroatoms. The molecular formula is C20H25N3O. The molecule has 1 aromatic carbocycles. The lowest BCUT2D eigenvalue weighted by Crippen LogP contribution is -2.49. The maximum absolute atomic E-state index is 12.9. The van der Waals surface area contributed by atoms with Crippen molar-refractivity contribution in [3.8, 4) is 11.1 Å². The Morgan fingerprint density at radius 3 is 2.71 bits per heavy atom. The quantitative estimate of drug-likeness (QED) is 0.943. The minimum Gasteiger partial charge on any atom is -0.334 e. The minimum absolute atomic E-state index is 0.0406. The maximum Gasteiger partial charge on any atom is 0.255 e. The van der Waals surface area contributed by atoms with Crippen LogP contribution in [0, 0.1) is 12.8 Å². The molecule has 24 heavy (non-hydrogen) atoms. The molecular weight excluding hydrogens is 298 g/mol. The van der Waals surface area contributed by atoms with E-state index in [2.05, 4.69) is 43.1 Å². The molecule has 1 aliphatic heterocycles. The summed E-state index contributed by atoms with van der Waals surface area (Å²) < 4.78 is 0. The molecule has 0 bridgehead atoms. The summed E-state index contributed by atoms with van der Waals surface area (Å²) in [5.41, 5.74) is 9.79. The Hall–Kier alpha value is -2.20. The molecule has 126 valence electrons. The minimum atomic E-state index is 0.0406. The van der Waals surface area contributed by atoms with Gasteiger partial charge in [0.15, 0.2) is 0 Å². The number of benzene rings is 1. The van der Waals surface area contributed by atoms with E-state index in [1.165, 1.54) is 5.56 Å². The topological polar surface area (TPSA) is 59.2 Å². The molecule has 1 fully saturated rings. The van der Waals surface area contributed by atoms with Crippen molar-refractivity contribution in [1.82, 2.24) is 9.88 Å². The second-order valence-electron chi connectivity index (χ2n) is 6.85. The van der Waals surface area contributed by atoms with E-state index in [9.17, 15) is 4.79 Å². The molecule has 1 saturated heterocycles. The van der Waals surface area contributed by atoms with Crippen molar-refractivity contribution in [2.75, 3.05) is 13.1 Å². The summed E-state index contributed by atoms with van der Waals surface area (Å²) in [6.45, 7) is 5.58. The van der Waals surface area contributed by atoms with Crippen molar-refractivity contribution in [2.24, 2.45) is 11.7 Å². The van der Waals surface area contributed by atoms with Crippen molar-refractivity contribution < 1.29 is 4.79 Å². The van der Waals surface area contributed by atoms with Gasteiger partial charge < -0.3 is 10.6 Å². The van der Waals surface area contributed by atoms with Gasteiger partial charge in [-0.05, 0) is 37.3 Å². The predicted octanol–water partition coefficient (Wildman–Crippen LogP) is 3.26. The lowest BCUT2D eigenvalue weighted by atomic mass is 9.92. The highest BCUT2D eigenvalue weighted by Crippen LogP contribution is 2.25. The van der Waals surface area contributed by atoms with Crippen molar-refractivity contribution in [1.29, 1.82) is 0 Å². The first-order chi connectivity index (χ1) is 11.6. The van der Waals surface area contributed by atoms with Gasteiger partial charge in [-0.15, -0.1) is 0 Å². The van der Waals surface area contributed by atoms with E-state index in [-0.39, 0.29) is 11.9 Å². The van der Waals surface area contributed by atoms with Gasteiger partial charge in [0.05, 0.1) is 5.56 Å². The van der Waals surface area contributed by atoms with Gasteiger partial charge in [0.2, 0.25) is 0 Å². The Balaban J connectivity index is 1.85. The number of nitrogens with zero attached hydrogens (tertiary/aromatic N) is 2. The highest BCUT2D eigenvalue weighted by molar-refractivity contribution is 5.95. The average Bonchev–Trinajstić information content (AvgIpc) is 2.61. The van der Waals surface area contributed by atoms with Crippen LogP contribution in [0.1, 0.15) is 35.7 Å². The third-order valence-corrected chi connectivity index (χ3v) is 4.88. The third kappa shape index (κ3) is 3.49. The van der Waals surface area contributed by atoms with Crippen LogP contribution in [0.25, 0.3) is 11.1 Å². The Morgan fingerprint density at radius 2 is 2.00 bits per heavy atom. The molecule has 2 heterocycles. The number of likely N-dealkylation sites (tertiary alicyclic amines) is 1. The Morgan fingerprint density at radius 1 is 1.25 bits per heavy atom. The summed E-state index contributed by atoms with van der Waals surface area (Å²) in [7, 11) is 0. The van der Waals surface area contributed by atoms with Crippen LogP contribution in [0.15, 0.2) is 42.7 Å². The highest BCUT2D eigenvalue weighted by atomic mass is 16.2. The SMILES string of the molecule is Cc1ccc(-c2cncc(C(=O)N3CCC(C)CC3CN)c2)cc1. The Bertz CT molecular complexity index is 711. The van der Waals surface area contributed by atoms with Gasteiger partial charge in [0, 0.05) is 37.1 Å². The normalized spacial score (nSPS) is 20.9. The van der Waals surface area contributed by atoms with Crippen molar-refractivity contribution in [3.05, 3.63) is 53.9 Å². The van der Waals surface area contributed by atoms with Gasteiger partial charge in [-0.25, -0.2) is 0 Å². The molecule has 1 aromatic heterocycles. The first kappa shape index (κ1) is 16.7. The van der Waals surface area contributed by atoms with Crippen LogP contribution in [-0.4, -0.2) is 34.9 Å². The van der Waals surface area contributed by atoms with Crippen molar-refractivity contribution in [2.45, 2.75) is 32.7 Å². The van der Waals surface area contributed by atoms with Crippen molar-refractivity contribution in [3.63, 3.8) is 0 Å². The van der Waals surface area contributed by atoms with E-state index < -0.39 is 0 Å². The number of amides is 1.